The van der Waals surface area contributed by atoms with Crippen molar-refractivity contribution in [2.75, 3.05) is 13.1 Å². The second-order valence-corrected chi connectivity index (χ2v) is 7.50. The van der Waals surface area contributed by atoms with Gasteiger partial charge < -0.3 is 10.6 Å². The number of hydrogen-bond acceptors (Lipinski definition) is 3. The Morgan fingerprint density at radius 2 is 2.17 bits per heavy atom. The number of aromatic nitrogens is 3. The number of nitrogens with zero attached hydrogens (tertiary/aromatic N) is 4. The van der Waals surface area contributed by atoms with E-state index in [0.717, 1.165) is 56.5 Å². The minimum absolute atomic E-state index is 0.199. The van der Waals surface area contributed by atoms with Gasteiger partial charge in [0.05, 0.1) is 6.04 Å². The Bertz CT molecular complexity index is 526. The van der Waals surface area contributed by atoms with Crippen molar-refractivity contribution < 1.29 is 0 Å². The minimum Gasteiger partial charge on any atom is -0.357 e. The van der Waals surface area contributed by atoms with E-state index in [1.807, 2.05) is 11.6 Å². The average molecular weight is 320 g/mol. The van der Waals surface area contributed by atoms with E-state index in [1.54, 1.807) is 0 Å². The molecule has 1 aromatic rings. The summed E-state index contributed by atoms with van der Waals surface area (Å²) in [6, 6.07) is 0.199. The summed E-state index contributed by atoms with van der Waals surface area (Å²) in [6.07, 6.45) is 4.49. The van der Waals surface area contributed by atoms with Crippen molar-refractivity contribution in [2.24, 2.45) is 10.4 Å². The lowest BCUT2D eigenvalue weighted by Crippen LogP contribution is -2.41. The van der Waals surface area contributed by atoms with E-state index in [1.165, 1.54) is 6.42 Å². The van der Waals surface area contributed by atoms with E-state index >= 15 is 0 Å². The second kappa shape index (κ2) is 7.79. The highest BCUT2D eigenvalue weighted by atomic mass is 15.4. The zero-order valence-electron chi connectivity index (χ0n) is 15.3. The summed E-state index contributed by atoms with van der Waals surface area (Å²) in [7, 11) is 0. The van der Waals surface area contributed by atoms with Crippen LogP contribution in [-0.4, -0.2) is 33.8 Å². The summed E-state index contributed by atoms with van der Waals surface area (Å²) in [6.45, 7) is 13.6. The van der Waals surface area contributed by atoms with Crippen molar-refractivity contribution in [1.82, 2.24) is 25.4 Å². The maximum Gasteiger partial charge on any atom is 0.191 e. The van der Waals surface area contributed by atoms with Gasteiger partial charge in [-0.25, -0.2) is 9.67 Å². The zero-order chi connectivity index (χ0) is 16.9. The average Bonchev–Trinajstić information content (AvgIpc) is 2.84. The van der Waals surface area contributed by atoms with Crippen LogP contribution in [0.4, 0.5) is 0 Å². The van der Waals surface area contributed by atoms with Crippen molar-refractivity contribution in [1.29, 1.82) is 0 Å². The molecule has 1 aromatic heterocycles. The van der Waals surface area contributed by atoms with Gasteiger partial charge in [0.1, 0.15) is 11.6 Å². The van der Waals surface area contributed by atoms with Gasteiger partial charge in [-0.3, -0.25) is 4.99 Å². The topological polar surface area (TPSA) is 67.1 Å². The molecule has 0 aromatic carbocycles. The standard InChI is InChI=1S/C17H32N6/c1-6-18-16(19-11-8-10-17(3,4)5)21-14-9-7-12-23-15(14)20-13(2)22-23/h14H,6-12H2,1-5H3,(H2,18,19,21). The lowest BCUT2D eigenvalue weighted by atomic mass is 9.91. The van der Waals surface area contributed by atoms with E-state index in [2.05, 4.69) is 48.4 Å². The van der Waals surface area contributed by atoms with E-state index < -0.39 is 0 Å². The van der Waals surface area contributed by atoms with Crippen molar-refractivity contribution in [3.8, 4) is 0 Å². The monoisotopic (exact) mass is 320 g/mol. The first kappa shape index (κ1) is 17.8. The van der Waals surface area contributed by atoms with Crippen LogP contribution in [-0.2, 0) is 6.54 Å². The molecule has 0 fully saturated rings. The maximum atomic E-state index is 4.73. The van der Waals surface area contributed by atoms with Gasteiger partial charge in [-0.05, 0) is 44.9 Å². The highest BCUT2D eigenvalue weighted by Crippen LogP contribution is 2.23. The van der Waals surface area contributed by atoms with E-state index in [-0.39, 0.29) is 6.04 Å². The molecule has 130 valence electrons. The second-order valence-electron chi connectivity index (χ2n) is 7.50. The molecule has 0 aliphatic carbocycles. The number of rotatable bonds is 5. The number of fused-ring (bicyclic) bond motifs is 1. The van der Waals surface area contributed by atoms with Gasteiger partial charge in [0.25, 0.3) is 0 Å². The third-order valence-corrected chi connectivity index (χ3v) is 3.99. The van der Waals surface area contributed by atoms with Crippen molar-refractivity contribution in [2.45, 2.75) is 72.9 Å². The molecule has 1 unspecified atom stereocenters. The highest BCUT2D eigenvalue weighted by Gasteiger charge is 2.24. The van der Waals surface area contributed by atoms with Crippen LogP contribution in [0.3, 0.4) is 0 Å². The Balaban J connectivity index is 1.96. The summed E-state index contributed by atoms with van der Waals surface area (Å²) in [5.74, 6) is 2.77. The predicted molar refractivity (Wildman–Crippen MR) is 94.5 cm³/mol. The van der Waals surface area contributed by atoms with Gasteiger partial charge in [0, 0.05) is 19.6 Å². The summed E-state index contributed by atoms with van der Waals surface area (Å²) in [4.78, 5) is 9.31. The van der Waals surface area contributed by atoms with Gasteiger partial charge >= 0.3 is 0 Å². The molecule has 0 amide bonds. The fraction of sp³-hybridized carbons (Fsp3) is 0.824. The largest absolute Gasteiger partial charge is 0.357 e. The van der Waals surface area contributed by atoms with Crippen LogP contribution in [0.2, 0.25) is 0 Å². The highest BCUT2D eigenvalue weighted by molar-refractivity contribution is 5.80. The summed E-state index contributed by atoms with van der Waals surface area (Å²) >= 11 is 0. The Morgan fingerprint density at radius 3 is 2.87 bits per heavy atom. The van der Waals surface area contributed by atoms with Crippen molar-refractivity contribution >= 4 is 5.96 Å². The number of nitrogens with one attached hydrogen (secondary N) is 2. The molecule has 0 saturated heterocycles. The number of aryl methyl sites for hydroxylation is 2. The summed E-state index contributed by atoms with van der Waals surface area (Å²) in [5.41, 5.74) is 0.374. The molecule has 2 heterocycles. The fourth-order valence-corrected chi connectivity index (χ4v) is 2.89. The Kier molecular flexibility index (Phi) is 6.02. The van der Waals surface area contributed by atoms with Gasteiger partial charge in [-0.2, -0.15) is 5.10 Å². The molecule has 6 nitrogen and oxygen atoms in total. The number of guanidine groups is 1. The molecule has 0 spiro atoms. The molecular weight excluding hydrogens is 288 g/mol. The Morgan fingerprint density at radius 1 is 1.39 bits per heavy atom. The normalized spacial score (nSPS) is 18.7. The molecule has 2 N–H and O–H groups in total. The lowest BCUT2D eigenvalue weighted by Gasteiger charge is -2.25. The van der Waals surface area contributed by atoms with Crippen LogP contribution < -0.4 is 10.6 Å². The zero-order valence-corrected chi connectivity index (χ0v) is 15.3. The Hall–Kier alpha value is -1.59. The van der Waals surface area contributed by atoms with Gasteiger partial charge in [0.2, 0.25) is 0 Å². The van der Waals surface area contributed by atoms with Gasteiger partial charge in [-0.1, -0.05) is 20.8 Å². The van der Waals surface area contributed by atoms with Crippen molar-refractivity contribution in [3.05, 3.63) is 11.6 Å². The predicted octanol–water partition coefficient (Wildman–Crippen LogP) is 2.80. The molecule has 0 radical (unpaired) electrons. The Labute approximate surface area is 140 Å². The maximum absolute atomic E-state index is 4.73. The first-order valence-electron chi connectivity index (χ1n) is 8.85. The molecule has 1 aliphatic heterocycles. The third kappa shape index (κ3) is 5.52. The number of aliphatic imine (C=N–C) groups is 1. The molecule has 0 saturated carbocycles. The first-order valence-corrected chi connectivity index (χ1v) is 8.85. The molecule has 2 rings (SSSR count). The summed E-state index contributed by atoms with van der Waals surface area (Å²) in [5, 5.41) is 11.3. The van der Waals surface area contributed by atoms with Crippen molar-refractivity contribution in [3.63, 3.8) is 0 Å². The SMILES string of the molecule is CCNC(=NCCCC(C)(C)C)NC1CCCn2nc(C)nc21. The molecule has 0 bridgehead atoms. The molecular formula is C17H32N6. The fourth-order valence-electron chi connectivity index (χ4n) is 2.89. The van der Waals surface area contributed by atoms with Crippen LogP contribution in [0, 0.1) is 12.3 Å². The quantitative estimate of drug-likeness (QED) is 0.497. The van der Waals surface area contributed by atoms with Crippen LogP contribution in [0.1, 0.15) is 71.1 Å². The van der Waals surface area contributed by atoms with Crippen LogP contribution in [0.15, 0.2) is 4.99 Å². The molecule has 6 heteroatoms. The number of hydrogen-bond donors (Lipinski definition) is 2. The summed E-state index contributed by atoms with van der Waals surface area (Å²) < 4.78 is 2.03. The minimum atomic E-state index is 0.199. The van der Waals surface area contributed by atoms with E-state index in [9.17, 15) is 0 Å². The van der Waals surface area contributed by atoms with Gasteiger partial charge in [0.15, 0.2) is 5.96 Å². The van der Waals surface area contributed by atoms with Crippen LogP contribution in [0.25, 0.3) is 0 Å². The van der Waals surface area contributed by atoms with E-state index in [4.69, 9.17) is 4.99 Å². The third-order valence-electron chi connectivity index (χ3n) is 3.99. The van der Waals surface area contributed by atoms with Crippen LogP contribution in [0.5, 0.6) is 0 Å². The lowest BCUT2D eigenvalue weighted by molar-refractivity contribution is 0.368. The first-order chi connectivity index (χ1) is 10.9. The van der Waals surface area contributed by atoms with Gasteiger partial charge in [-0.15, -0.1) is 0 Å². The molecule has 1 aliphatic rings. The molecule has 1 atom stereocenters. The molecule has 23 heavy (non-hydrogen) atoms. The van der Waals surface area contributed by atoms with E-state index in [0.29, 0.717) is 5.41 Å². The smallest absolute Gasteiger partial charge is 0.191 e. The van der Waals surface area contributed by atoms with Crippen LogP contribution >= 0.6 is 0 Å².